The van der Waals surface area contributed by atoms with Crippen LogP contribution >= 0.6 is 0 Å². The number of nitrogens with one attached hydrogen (secondary N) is 1. The van der Waals surface area contributed by atoms with Crippen LogP contribution < -0.4 is 11.1 Å². The molecular weight excluding hydrogens is 250 g/mol. The number of rotatable bonds is 7. The smallest absolute Gasteiger partial charge is 0.227 e. The highest BCUT2D eigenvalue weighted by Crippen LogP contribution is 2.38. The number of nitrogens with two attached hydrogens (primary N) is 1. The number of hydrogen-bond acceptors (Lipinski definition) is 3. The van der Waals surface area contributed by atoms with Crippen LogP contribution in [0.4, 0.5) is 0 Å². The van der Waals surface area contributed by atoms with Crippen molar-refractivity contribution in [1.82, 2.24) is 10.2 Å². The van der Waals surface area contributed by atoms with Crippen molar-refractivity contribution < 1.29 is 4.79 Å². The van der Waals surface area contributed by atoms with Crippen LogP contribution in [0.3, 0.4) is 0 Å². The van der Waals surface area contributed by atoms with Gasteiger partial charge in [0.15, 0.2) is 0 Å². The maximum atomic E-state index is 12.5. The van der Waals surface area contributed by atoms with E-state index < -0.39 is 0 Å². The molecule has 1 unspecified atom stereocenters. The number of nitrogens with zero attached hydrogens (tertiary/aromatic N) is 1. The van der Waals surface area contributed by atoms with E-state index in [9.17, 15) is 4.79 Å². The largest absolute Gasteiger partial charge is 0.354 e. The second-order valence-corrected chi connectivity index (χ2v) is 6.66. The van der Waals surface area contributed by atoms with E-state index in [0.717, 1.165) is 51.1 Å². The normalized spacial score (nSPS) is 28.4. The number of likely N-dealkylation sites (N-methyl/N-ethyl adjacent to an activating group) is 1. The lowest BCUT2D eigenvalue weighted by atomic mass is 9.70. The Bertz CT molecular complexity index is 298. The molecule has 0 heterocycles. The van der Waals surface area contributed by atoms with E-state index in [0.29, 0.717) is 12.6 Å². The van der Waals surface area contributed by atoms with E-state index in [1.54, 1.807) is 0 Å². The molecule has 0 aliphatic heterocycles. The SMILES string of the molecule is CCC(C)N(C)CCNC(=O)C1(CN)CCC(C)CC1. The summed E-state index contributed by atoms with van der Waals surface area (Å²) < 4.78 is 0. The van der Waals surface area contributed by atoms with Crippen LogP contribution in [0.5, 0.6) is 0 Å². The molecule has 1 saturated carbocycles. The van der Waals surface area contributed by atoms with Crippen molar-refractivity contribution in [3.63, 3.8) is 0 Å². The third-order valence-electron chi connectivity index (χ3n) is 5.20. The topological polar surface area (TPSA) is 58.4 Å². The molecule has 0 spiro atoms. The second-order valence-electron chi connectivity index (χ2n) is 6.66. The molecular formula is C16H33N3O. The van der Waals surface area contributed by atoms with E-state index in [-0.39, 0.29) is 11.3 Å². The quantitative estimate of drug-likeness (QED) is 0.751. The van der Waals surface area contributed by atoms with E-state index in [4.69, 9.17) is 5.73 Å². The van der Waals surface area contributed by atoms with Gasteiger partial charge in [0.1, 0.15) is 0 Å². The zero-order valence-corrected chi connectivity index (χ0v) is 13.7. The molecule has 1 aliphatic carbocycles. The maximum absolute atomic E-state index is 12.5. The summed E-state index contributed by atoms with van der Waals surface area (Å²) >= 11 is 0. The van der Waals surface area contributed by atoms with Gasteiger partial charge in [0.05, 0.1) is 5.41 Å². The Morgan fingerprint density at radius 1 is 1.45 bits per heavy atom. The zero-order valence-electron chi connectivity index (χ0n) is 13.7. The zero-order chi connectivity index (χ0) is 15.2. The van der Waals surface area contributed by atoms with Crippen LogP contribution in [0.2, 0.25) is 0 Å². The Morgan fingerprint density at radius 3 is 2.55 bits per heavy atom. The van der Waals surface area contributed by atoms with E-state index in [1.165, 1.54) is 0 Å². The van der Waals surface area contributed by atoms with Crippen LogP contribution in [0, 0.1) is 11.3 Å². The number of amides is 1. The fourth-order valence-electron chi connectivity index (χ4n) is 2.90. The van der Waals surface area contributed by atoms with Crippen molar-refractivity contribution >= 4 is 5.91 Å². The molecule has 1 fully saturated rings. The molecule has 0 aromatic rings. The molecule has 1 amide bonds. The van der Waals surface area contributed by atoms with Crippen molar-refractivity contribution in [2.75, 3.05) is 26.7 Å². The molecule has 0 aromatic heterocycles. The first kappa shape index (κ1) is 17.4. The fraction of sp³-hybridized carbons (Fsp3) is 0.938. The van der Waals surface area contributed by atoms with E-state index in [2.05, 4.69) is 38.0 Å². The van der Waals surface area contributed by atoms with Crippen molar-refractivity contribution in [3.8, 4) is 0 Å². The average molecular weight is 283 g/mol. The van der Waals surface area contributed by atoms with Crippen molar-refractivity contribution in [1.29, 1.82) is 0 Å². The summed E-state index contributed by atoms with van der Waals surface area (Å²) in [5, 5.41) is 3.11. The monoisotopic (exact) mass is 283 g/mol. The van der Waals surface area contributed by atoms with Gasteiger partial charge in [-0.15, -0.1) is 0 Å². The number of hydrogen-bond donors (Lipinski definition) is 2. The van der Waals surface area contributed by atoms with Crippen molar-refractivity contribution in [2.24, 2.45) is 17.1 Å². The molecule has 3 N–H and O–H groups in total. The Kier molecular flexibility index (Phi) is 6.96. The highest BCUT2D eigenvalue weighted by atomic mass is 16.2. The highest BCUT2D eigenvalue weighted by molar-refractivity contribution is 5.83. The predicted molar refractivity (Wildman–Crippen MR) is 84.5 cm³/mol. The maximum Gasteiger partial charge on any atom is 0.227 e. The third kappa shape index (κ3) is 4.45. The fourth-order valence-corrected chi connectivity index (χ4v) is 2.90. The van der Waals surface area contributed by atoms with Crippen LogP contribution in [-0.4, -0.2) is 43.5 Å². The Hall–Kier alpha value is -0.610. The second kappa shape index (κ2) is 7.99. The minimum atomic E-state index is -0.304. The van der Waals surface area contributed by atoms with Crippen molar-refractivity contribution in [3.05, 3.63) is 0 Å². The Labute approximate surface area is 124 Å². The summed E-state index contributed by atoms with van der Waals surface area (Å²) in [5.41, 5.74) is 5.61. The van der Waals surface area contributed by atoms with E-state index in [1.807, 2.05) is 0 Å². The van der Waals surface area contributed by atoms with Gasteiger partial charge in [-0.1, -0.05) is 13.8 Å². The van der Waals surface area contributed by atoms with Gasteiger partial charge < -0.3 is 16.0 Å². The van der Waals surface area contributed by atoms with Gasteiger partial charge in [0.2, 0.25) is 5.91 Å². The van der Waals surface area contributed by atoms with Crippen LogP contribution in [0.1, 0.15) is 52.9 Å². The van der Waals surface area contributed by atoms with Crippen molar-refractivity contribution in [2.45, 2.75) is 58.9 Å². The molecule has 1 aliphatic rings. The highest BCUT2D eigenvalue weighted by Gasteiger charge is 2.39. The molecule has 118 valence electrons. The lowest BCUT2D eigenvalue weighted by Crippen LogP contribution is -2.49. The first-order valence-electron chi connectivity index (χ1n) is 8.13. The molecule has 0 radical (unpaired) electrons. The molecule has 0 aromatic carbocycles. The van der Waals surface area contributed by atoms with Gasteiger partial charge >= 0.3 is 0 Å². The molecule has 0 bridgehead atoms. The van der Waals surface area contributed by atoms with Crippen LogP contribution in [-0.2, 0) is 4.79 Å². The van der Waals surface area contributed by atoms with Gasteiger partial charge in [0.25, 0.3) is 0 Å². The standard InChI is InChI=1S/C16H33N3O/c1-5-14(3)19(4)11-10-18-15(20)16(12-17)8-6-13(2)7-9-16/h13-14H,5-12,17H2,1-4H3,(H,18,20). The molecule has 4 nitrogen and oxygen atoms in total. The summed E-state index contributed by atoms with van der Waals surface area (Å²) in [6, 6.07) is 0.561. The number of carbonyl (C=O) groups excluding carboxylic acids is 1. The molecule has 0 saturated heterocycles. The molecule has 20 heavy (non-hydrogen) atoms. The molecule has 1 atom stereocenters. The lowest BCUT2D eigenvalue weighted by molar-refractivity contribution is -0.132. The van der Waals surface area contributed by atoms with Crippen LogP contribution in [0.15, 0.2) is 0 Å². The minimum absolute atomic E-state index is 0.171. The summed E-state index contributed by atoms with van der Waals surface area (Å²) in [6.45, 7) is 8.76. The predicted octanol–water partition coefficient (Wildman–Crippen LogP) is 1.99. The van der Waals surface area contributed by atoms with E-state index >= 15 is 0 Å². The average Bonchev–Trinajstić information content (AvgIpc) is 2.47. The van der Waals surface area contributed by atoms with Gasteiger partial charge in [-0.25, -0.2) is 0 Å². The summed E-state index contributed by atoms with van der Waals surface area (Å²) in [6.07, 6.45) is 5.26. The van der Waals surface area contributed by atoms with Crippen LogP contribution in [0.25, 0.3) is 0 Å². The summed E-state index contributed by atoms with van der Waals surface area (Å²) in [7, 11) is 2.11. The minimum Gasteiger partial charge on any atom is -0.354 e. The van der Waals surface area contributed by atoms with Gasteiger partial charge in [-0.3, -0.25) is 4.79 Å². The Balaban J connectivity index is 2.41. The summed E-state index contributed by atoms with van der Waals surface area (Å²) in [5.74, 6) is 0.906. The third-order valence-corrected chi connectivity index (χ3v) is 5.20. The number of carbonyl (C=O) groups is 1. The van der Waals surface area contributed by atoms with Gasteiger partial charge in [0, 0.05) is 25.7 Å². The first-order valence-corrected chi connectivity index (χ1v) is 8.13. The summed E-state index contributed by atoms with van der Waals surface area (Å²) in [4.78, 5) is 14.8. The first-order chi connectivity index (χ1) is 9.45. The van der Waals surface area contributed by atoms with Gasteiger partial charge in [-0.05, 0) is 52.0 Å². The molecule has 4 heteroatoms. The van der Waals surface area contributed by atoms with Gasteiger partial charge in [-0.2, -0.15) is 0 Å². The lowest BCUT2D eigenvalue weighted by Gasteiger charge is -2.37. The Morgan fingerprint density at radius 2 is 2.05 bits per heavy atom. The molecule has 1 rings (SSSR count).